The smallest absolute Gasteiger partial charge is 0.550 e. The molecule has 0 bridgehead atoms. The summed E-state index contributed by atoms with van der Waals surface area (Å²) >= 11 is 0. The van der Waals surface area contributed by atoms with Gasteiger partial charge >= 0.3 is 51.4 Å². The van der Waals surface area contributed by atoms with Gasteiger partial charge in [-0.2, -0.15) is 0 Å². The molecule has 96 valence electrons. The van der Waals surface area contributed by atoms with Crippen molar-refractivity contribution < 1.29 is 66.0 Å². The zero-order valence-corrected chi connectivity index (χ0v) is 14.6. The Kier molecular flexibility index (Phi) is 20.1. The Balaban J connectivity index is 0. The molecular weight excluding hydrogens is 243 g/mol. The fourth-order valence-electron chi connectivity index (χ4n) is 1.75. The van der Waals surface area contributed by atoms with Crippen molar-refractivity contribution in [2.24, 2.45) is 0 Å². The van der Waals surface area contributed by atoms with E-state index < -0.39 is 6.16 Å². The number of carbonyl (C=O) groups is 1. The summed E-state index contributed by atoms with van der Waals surface area (Å²) in [5.41, 5.74) is 0. The van der Waals surface area contributed by atoms with Gasteiger partial charge in [0.05, 0.1) is 0 Å². The van der Waals surface area contributed by atoms with E-state index >= 15 is 0 Å². The molecule has 0 heterocycles. The predicted octanol–water partition coefficient (Wildman–Crippen LogP) is 0.271. The molecular formula is C13H25KO3. The first-order valence-electron chi connectivity index (χ1n) is 6.61. The minimum Gasteiger partial charge on any atom is -0.550 e. The zero-order chi connectivity index (χ0) is 12.1. The summed E-state index contributed by atoms with van der Waals surface area (Å²) in [4.78, 5) is 9.93. The van der Waals surface area contributed by atoms with Crippen LogP contribution in [0.4, 0.5) is 4.79 Å². The summed E-state index contributed by atoms with van der Waals surface area (Å²) in [7, 11) is 0. The topological polar surface area (TPSA) is 49.4 Å². The summed E-state index contributed by atoms with van der Waals surface area (Å²) in [6.45, 7) is 2.52. The minimum absolute atomic E-state index is 0. The number of hydrogen-bond acceptors (Lipinski definition) is 3. The van der Waals surface area contributed by atoms with Crippen LogP contribution in [0.25, 0.3) is 0 Å². The number of rotatable bonds is 11. The molecule has 0 aromatic heterocycles. The monoisotopic (exact) mass is 268 g/mol. The molecule has 0 aliphatic rings. The number of carbonyl (C=O) groups excluding carboxylic acids is 1. The average molecular weight is 268 g/mol. The standard InChI is InChI=1S/C13H26O3.K/c1-2-3-4-5-6-7-8-9-10-11-12-16-13(14)15;/h2-12H2,1H3,(H,14,15);/q;+1/p-1. The zero-order valence-electron chi connectivity index (χ0n) is 11.5. The van der Waals surface area contributed by atoms with Crippen LogP contribution in [0.1, 0.15) is 71.1 Å². The third-order valence-electron chi connectivity index (χ3n) is 2.72. The van der Waals surface area contributed by atoms with Gasteiger partial charge in [0, 0.05) is 6.61 Å². The Labute approximate surface area is 148 Å². The molecule has 0 aliphatic carbocycles. The SMILES string of the molecule is CCCCCCCCCCCCOC(=O)[O-].[K+]. The van der Waals surface area contributed by atoms with Crippen molar-refractivity contribution in [2.75, 3.05) is 6.61 Å². The molecule has 0 atom stereocenters. The minimum atomic E-state index is -1.41. The van der Waals surface area contributed by atoms with Crippen molar-refractivity contribution in [1.82, 2.24) is 0 Å². The van der Waals surface area contributed by atoms with Gasteiger partial charge in [-0.05, 0) is 6.42 Å². The second kappa shape index (κ2) is 16.9. The Hall–Kier alpha value is 0.906. The summed E-state index contributed by atoms with van der Waals surface area (Å²) in [6, 6.07) is 0. The molecule has 17 heavy (non-hydrogen) atoms. The van der Waals surface area contributed by atoms with E-state index in [-0.39, 0.29) is 51.4 Å². The average Bonchev–Trinajstić information content (AvgIpc) is 2.25. The van der Waals surface area contributed by atoms with Crippen LogP contribution in [0.15, 0.2) is 0 Å². The molecule has 0 spiro atoms. The van der Waals surface area contributed by atoms with Crippen molar-refractivity contribution in [3.05, 3.63) is 0 Å². The van der Waals surface area contributed by atoms with E-state index in [0.717, 1.165) is 12.8 Å². The normalized spacial score (nSPS) is 9.71. The fraction of sp³-hybridized carbons (Fsp3) is 0.923. The van der Waals surface area contributed by atoms with Crippen LogP contribution in [0, 0.1) is 0 Å². The summed E-state index contributed by atoms with van der Waals surface area (Å²) in [5, 5.41) is 9.93. The van der Waals surface area contributed by atoms with Crippen LogP contribution in [0.2, 0.25) is 0 Å². The predicted molar refractivity (Wildman–Crippen MR) is 63.2 cm³/mol. The summed E-state index contributed by atoms with van der Waals surface area (Å²) in [5.74, 6) is 0. The Morgan fingerprint density at radius 3 is 1.71 bits per heavy atom. The molecule has 0 saturated carbocycles. The number of hydrogen-bond donors (Lipinski definition) is 0. The van der Waals surface area contributed by atoms with Gasteiger partial charge < -0.3 is 14.6 Å². The van der Waals surface area contributed by atoms with Crippen molar-refractivity contribution in [2.45, 2.75) is 71.1 Å². The van der Waals surface area contributed by atoms with Crippen LogP contribution in [-0.2, 0) is 4.74 Å². The first-order valence-corrected chi connectivity index (χ1v) is 6.61. The van der Waals surface area contributed by atoms with E-state index in [9.17, 15) is 9.90 Å². The largest absolute Gasteiger partial charge is 1.00 e. The fourth-order valence-corrected chi connectivity index (χ4v) is 1.75. The van der Waals surface area contributed by atoms with Gasteiger partial charge in [-0.3, -0.25) is 0 Å². The summed E-state index contributed by atoms with van der Waals surface area (Å²) < 4.78 is 4.32. The first kappa shape index (κ1) is 20.2. The van der Waals surface area contributed by atoms with Gasteiger partial charge in [-0.1, -0.05) is 64.7 Å². The van der Waals surface area contributed by atoms with E-state index in [1.807, 2.05) is 0 Å². The van der Waals surface area contributed by atoms with Gasteiger partial charge in [-0.15, -0.1) is 0 Å². The molecule has 0 fully saturated rings. The van der Waals surface area contributed by atoms with E-state index in [0.29, 0.717) is 6.61 Å². The molecule has 3 nitrogen and oxygen atoms in total. The van der Waals surface area contributed by atoms with Crippen molar-refractivity contribution in [1.29, 1.82) is 0 Å². The molecule has 0 N–H and O–H groups in total. The quantitative estimate of drug-likeness (QED) is 0.307. The molecule has 0 aromatic rings. The van der Waals surface area contributed by atoms with Gasteiger partial charge in [0.2, 0.25) is 0 Å². The Morgan fingerprint density at radius 2 is 1.29 bits per heavy atom. The molecule has 0 rings (SSSR count). The maximum atomic E-state index is 9.93. The molecule has 0 radical (unpaired) electrons. The number of unbranched alkanes of at least 4 members (excludes halogenated alkanes) is 9. The Bertz CT molecular complexity index is 163. The van der Waals surface area contributed by atoms with Gasteiger partial charge in [0.1, 0.15) is 0 Å². The Morgan fingerprint density at radius 1 is 0.882 bits per heavy atom. The van der Waals surface area contributed by atoms with E-state index in [2.05, 4.69) is 11.7 Å². The van der Waals surface area contributed by atoms with Crippen LogP contribution >= 0.6 is 0 Å². The summed E-state index contributed by atoms with van der Waals surface area (Å²) in [6.07, 6.45) is 11.0. The van der Waals surface area contributed by atoms with Gasteiger partial charge in [-0.25, -0.2) is 0 Å². The van der Waals surface area contributed by atoms with Crippen LogP contribution < -0.4 is 56.5 Å². The van der Waals surface area contributed by atoms with Crippen molar-refractivity contribution in [3.63, 3.8) is 0 Å². The van der Waals surface area contributed by atoms with Gasteiger partial charge in [0.15, 0.2) is 0 Å². The molecule has 0 unspecified atom stereocenters. The van der Waals surface area contributed by atoms with E-state index in [1.165, 1.54) is 51.4 Å². The van der Waals surface area contributed by atoms with E-state index in [1.54, 1.807) is 0 Å². The first-order chi connectivity index (χ1) is 7.77. The number of ether oxygens (including phenoxy) is 1. The maximum absolute atomic E-state index is 9.93. The molecule has 0 aromatic carbocycles. The number of carboxylic acid groups (broad SMARTS) is 1. The van der Waals surface area contributed by atoms with E-state index in [4.69, 9.17) is 0 Å². The molecule has 0 saturated heterocycles. The van der Waals surface area contributed by atoms with Crippen molar-refractivity contribution in [3.8, 4) is 0 Å². The molecule has 0 amide bonds. The van der Waals surface area contributed by atoms with Crippen molar-refractivity contribution >= 4 is 6.16 Å². The second-order valence-electron chi connectivity index (χ2n) is 4.28. The van der Waals surface area contributed by atoms with Crippen LogP contribution in [0.3, 0.4) is 0 Å². The van der Waals surface area contributed by atoms with Crippen LogP contribution in [-0.4, -0.2) is 12.8 Å². The third kappa shape index (κ3) is 19.4. The molecule has 4 heteroatoms. The van der Waals surface area contributed by atoms with Gasteiger partial charge in [0.25, 0.3) is 6.16 Å². The second-order valence-corrected chi connectivity index (χ2v) is 4.28. The maximum Gasteiger partial charge on any atom is 1.00 e. The third-order valence-corrected chi connectivity index (χ3v) is 2.72. The van der Waals surface area contributed by atoms with Crippen LogP contribution in [0.5, 0.6) is 0 Å². The molecule has 0 aliphatic heterocycles.